The van der Waals surface area contributed by atoms with Gasteiger partial charge in [0, 0.05) is 18.7 Å². The number of unbranched alkanes of at least 4 members (excludes halogenated alkanes) is 1. The maximum absolute atomic E-state index is 12.1. The molecule has 2 aromatic rings. The lowest BCUT2D eigenvalue weighted by Gasteiger charge is -2.30. The molecule has 1 fully saturated rings. The lowest BCUT2D eigenvalue weighted by Crippen LogP contribution is -2.40. The van der Waals surface area contributed by atoms with Crippen molar-refractivity contribution in [1.82, 2.24) is 25.3 Å². The van der Waals surface area contributed by atoms with Gasteiger partial charge in [0.15, 0.2) is 0 Å². The van der Waals surface area contributed by atoms with Crippen LogP contribution < -0.4 is 5.32 Å². The molecular formula is C18H25N5O2. The van der Waals surface area contributed by atoms with E-state index in [1.165, 1.54) is 0 Å². The highest BCUT2D eigenvalue weighted by molar-refractivity contribution is 5.78. The molecular weight excluding hydrogens is 318 g/mol. The van der Waals surface area contributed by atoms with Gasteiger partial charge in [0.1, 0.15) is 5.69 Å². The topological polar surface area (TPSA) is 84.2 Å². The quantitative estimate of drug-likeness (QED) is 0.776. The number of carbonyl (C=O) groups excluding carboxylic acids is 1. The van der Waals surface area contributed by atoms with Crippen LogP contribution in [0.25, 0.3) is 11.5 Å². The summed E-state index contributed by atoms with van der Waals surface area (Å²) in [4.78, 5) is 23.0. The number of pyridine rings is 1. The molecule has 7 heteroatoms. The average Bonchev–Trinajstić information content (AvgIpc) is 3.12. The molecule has 0 bridgehead atoms. The monoisotopic (exact) mass is 343 g/mol. The van der Waals surface area contributed by atoms with E-state index in [1.807, 2.05) is 18.2 Å². The van der Waals surface area contributed by atoms with Crippen LogP contribution in [0.1, 0.15) is 38.5 Å². The lowest BCUT2D eigenvalue weighted by atomic mass is 9.96. The maximum atomic E-state index is 12.1. The van der Waals surface area contributed by atoms with Crippen LogP contribution in [0.4, 0.5) is 0 Å². The Hall–Kier alpha value is -2.28. The fourth-order valence-corrected chi connectivity index (χ4v) is 3.00. The third-order valence-corrected chi connectivity index (χ3v) is 4.51. The lowest BCUT2D eigenvalue weighted by molar-refractivity contribution is -0.126. The van der Waals surface area contributed by atoms with E-state index in [0.29, 0.717) is 24.0 Å². The minimum Gasteiger partial charge on any atom is -0.356 e. The third-order valence-electron chi connectivity index (χ3n) is 4.51. The van der Waals surface area contributed by atoms with Crippen LogP contribution in [0.15, 0.2) is 28.9 Å². The van der Waals surface area contributed by atoms with Crippen molar-refractivity contribution in [2.24, 2.45) is 5.92 Å². The van der Waals surface area contributed by atoms with Crippen molar-refractivity contribution in [3.05, 3.63) is 30.3 Å². The molecule has 1 amide bonds. The number of hydrogen-bond acceptors (Lipinski definition) is 6. The largest absolute Gasteiger partial charge is 0.356 e. The summed E-state index contributed by atoms with van der Waals surface area (Å²) >= 11 is 0. The molecule has 3 rings (SSSR count). The number of carbonyl (C=O) groups is 1. The zero-order valence-electron chi connectivity index (χ0n) is 14.6. The second-order valence-corrected chi connectivity index (χ2v) is 6.42. The Kier molecular flexibility index (Phi) is 6.11. The predicted molar refractivity (Wildman–Crippen MR) is 93.4 cm³/mol. The van der Waals surface area contributed by atoms with E-state index in [0.717, 1.165) is 45.3 Å². The molecule has 0 radical (unpaired) electrons. The van der Waals surface area contributed by atoms with Gasteiger partial charge in [0.05, 0.1) is 6.54 Å². The van der Waals surface area contributed by atoms with E-state index in [4.69, 9.17) is 4.52 Å². The van der Waals surface area contributed by atoms with Crippen LogP contribution in [-0.4, -0.2) is 45.6 Å². The number of rotatable bonds is 7. The molecule has 1 aliphatic rings. The van der Waals surface area contributed by atoms with Crippen LogP contribution in [-0.2, 0) is 11.3 Å². The summed E-state index contributed by atoms with van der Waals surface area (Å²) in [6.07, 6.45) is 5.60. The molecule has 0 aromatic carbocycles. The smallest absolute Gasteiger partial charge is 0.241 e. The summed E-state index contributed by atoms with van der Waals surface area (Å²) in [6.45, 7) is 5.26. The molecule has 0 saturated carbocycles. The van der Waals surface area contributed by atoms with Crippen molar-refractivity contribution in [3.63, 3.8) is 0 Å². The minimum absolute atomic E-state index is 0.125. The van der Waals surface area contributed by atoms with E-state index in [-0.39, 0.29) is 11.8 Å². The van der Waals surface area contributed by atoms with Crippen molar-refractivity contribution in [1.29, 1.82) is 0 Å². The van der Waals surface area contributed by atoms with Crippen LogP contribution in [0.2, 0.25) is 0 Å². The van der Waals surface area contributed by atoms with E-state index in [1.54, 1.807) is 6.20 Å². The van der Waals surface area contributed by atoms with Gasteiger partial charge >= 0.3 is 0 Å². The normalized spacial score (nSPS) is 16.0. The fourth-order valence-electron chi connectivity index (χ4n) is 3.00. The van der Waals surface area contributed by atoms with Gasteiger partial charge in [0.2, 0.25) is 17.6 Å². The van der Waals surface area contributed by atoms with Gasteiger partial charge in [-0.25, -0.2) is 0 Å². The molecule has 1 N–H and O–H groups in total. The average molecular weight is 343 g/mol. The van der Waals surface area contributed by atoms with Gasteiger partial charge in [-0.2, -0.15) is 4.98 Å². The van der Waals surface area contributed by atoms with Gasteiger partial charge in [-0.3, -0.25) is 14.7 Å². The fraction of sp³-hybridized carbons (Fsp3) is 0.556. The molecule has 25 heavy (non-hydrogen) atoms. The van der Waals surface area contributed by atoms with Gasteiger partial charge in [-0.1, -0.05) is 24.6 Å². The molecule has 3 heterocycles. The predicted octanol–water partition coefficient (Wildman–Crippen LogP) is 2.26. The Morgan fingerprint density at radius 3 is 2.92 bits per heavy atom. The van der Waals surface area contributed by atoms with Crippen molar-refractivity contribution in [2.45, 2.75) is 39.2 Å². The van der Waals surface area contributed by atoms with Crippen LogP contribution >= 0.6 is 0 Å². The first-order valence-electron chi connectivity index (χ1n) is 9.00. The molecule has 7 nitrogen and oxygen atoms in total. The number of hydrogen-bond donors (Lipinski definition) is 1. The SMILES string of the molecule is CCCCNC(=O)C1CCN(Cc2nc(-c3ccccn3)no2)CC1. The zero-order valence-corrected chi connectivity index (χ0v) is 14.6. The van der Waals surface area contributed by atoms with E-state index >= 15 is 0 Å². The van der Waals surface area contributed by atoms with Crippen LogP contribution in [0, 0.1) is 5.92 Å². The summed E-state index contributed by atoms with van der Waals surface area (Å²) in [5.74, 6) is 1.43. The first kappa shape index (κ1) is 17.5. The number of amides is 1. The molecule has 0 atom stereocenters. The Bertz CT molecular complexity index is 665. The summed E-state index contributed by atoms with van der Waals surface area (Å²) in [5, 5.41) is 7.03. The molecule has 0 aliphatic carbocycles. The number of nitrogens with one attached hydrogen (secondary N) is 1. The maximum Gasteiger partial charge on any atom is 0.241 e. The summed E-state index contributed by atoms with van der Waals surface area (Å²) in [7, 11) is 0. The van der Waals surface area contributed by atoms with Crippen molar-refractivity contribution in [2.75, 3.05) is 19.6 Å². The van der Waals surface area contributed by atoms with Gasteiger partial charge in [-0.05, 0) is 44.5 Å². The standard InChI is InChI=1S/C18H25N5O2/c1-2-3-9-20-18(24)14-7-11-23(12-8-14)13-16-21-17(22-25-16)15-6-4-5-10-19-15/h4-6,10,14H,2-3,7-9,11-13H2,1H3,(H,20,24). The van der Waals surface area contributed by atoms with Crippen molar-refractivity contribution >= 4 is 5.91 Å². The van der Waals surface area contributed by atoms with Gasteiger partial charge < -0.3 is 9.84 Å². The second-order valence-electron chi connectivity index (χ2n) is 6.42. The van der Waals surface area contributed by atoms with Crippen molar-refractivity contribution < 1.29 is 9.32 Å². The number of piperidine rings is 1. The van der Waals surface area contributed by atoms with Crippen molar-refractivity contribution in [3.8, 4) is 11.5 Å². The highest BCUT2D eigenvalue weighted by atomic mass is 16.5. The summed E-state index contributed by atoms with van der Waals surface area (Å²) < 4.78 is 5.34. The molecule has 1 saturated heterocycles. The number of aromatic nitrogens is 3. The molecule has 0 spiro atoms. The van der Waals surface area contributed by atoms with Gasteiger partial charge in [-0.15, -0.1) is 0 Å². The second kappa shape index (κ2) is 8.71. The molecule has 134 valence electrons. The molecule has 0 unspecified atom stereocenters. The van der Waals surface area contributed by atoms with E-state index in [2.05, 4.69) is 32.3 Å². The Labute approximate surface area is 147 Å². The third kappa shape index (κ3) is 4.85. The minimum atomic E-state index is 0.125. The number of likely N-dealkylation sites (tertiary alicyclic amines) is 1. The van der Waals surface area contributed by atoms with Crippen LogP contribution in [0.3, 0.4) is 0 Å². The van der Waals surface area contributed by atoms with E-state index < -0.39 is 0 Å². The highest BCUT2D eigenvalue weighted by Gasteiger charge is 2.25. The molecule has 2 aromatic heterocycles. The Morgan fingerprint density at radius 1 is 1.36 bits per heavy atom. The van der Waals surface area contributed by atoms with E-state index in [9.17, 15) is 4.79 Å². The van der Waals surface area contributed by atoms with Gasteiger partial charge in [0.25, 0.3) is 0 Å². The Balaban J connectivity index is 1.46. The summed E-state index contributed by atoms with van der Waals surface area (Å²) in [5.41, 5.74) is 0.708. The Morgan fingerprint density at radius 2 is 2.20 bits per heavy atom. The molecule has 1 aliphatic heterocycles. The first-order valence-corrected chi connectivity index (χ1v) is 9.00. The first-order chi connectivity index (χ1) is 12.3. The number of nitrogens with zero attached hydrogens (tertiary/aromatic N) is 4. The zero-order chi connectivity index (χ0) is 17.5. The highest BCUT2D eigenvalue weighted by Crippen LogP contribution is 2.20. The summed E-state index contributed by atoms with van der Waals surface area (Å²) in [6, 6.07) is 5.61. The van der Waals surface area contributed by atoms with Crippen LogP contribution in [0.5, 0.6) is 0 Å².